The molecule has 0 heterocycles. The average Bonchev–Trinajstić information content (AvgIpc) is 2.15. The standard InChI is InChI=1S/C11H15NO3S/c1-8-5-6-9(11(13)12(2)3)7-10(8)16(4,14)15/h5-7H,1-4H3. The van der Waals surface area contributed by atoms with Gasteiger partial charge in [-0.3, -0.25) is 4.79 Å². The molecule has 1 rings (SSSR count). The SMILES string of the molecule is Cc1ccc(C(=O)N(C)C)cc1S(C)(=O)=O. The summed E-state index contributed by atoms with van der Waals surface area (Å²) in [7, 11) is -0.0314. The first kappa shape index (κ1) is 12.7. The summed E-state index contributed by atoms with van der Waals surface area (Å²) >= 11 is 0. The van der Waals surface area contributed by atoms with Crippen molar-refractivity contribution in [3.8, 4) is 0 Å². The molecule has 1 amide bonds. The number of hydrogen-bond donors (Lipinski definition) is 0. The maximum atomic E-state index is 11.7. The van der Waals surface area contributed by atoms with Gasteiger partial charge < -0.3 is 4.90 Å². The predicted molar refractivity (Wildman–Crippen MR) is 62.3 cm³/mol. The van der Waals surface area contributed by atoms with Crippen LogP contribution >= 0.6 is 0 Å². The molecule has 0 saturated heterocycles. The molecule has 0 saturated carbocycles. The van der Waals surface area contributed by atoms with Gasteiger partial charge in [-0.05, 0) is 24.6 Å². The fourth-order valence-electron chi connectivity index (χ4n) is 1.39. The van der Waals surface area contributed by atoms with Crippen molar-refractivity contribution < 1.29 is 13.2 Å². The van der Waals surface area contributed by atoms with Gasteiger partial charge in [-0.25, -0.2) is 8.42 Å². The van der Waals surface area contributed by atoms with Crippen molar-refractivity contribution in [1.29, 1.82) is 0 Å². The van der Waals surface area contributed by atoms with Crippen molar-refractivity contribution in [3.63, 3.8) is 0 Å². The Bertz CT molecular complexity index is 518. The van der Waals surface area contributed by atoms with E-state index in [-0.39, 0.29) is 10.8 Å². The number of amides is 1. The lowest BCUT2D eigenvalue weighted by molar-refractivity contribution is 0.0827. The second-order valence-corrected chi connectivity index (χ2v) is 5.94. The van der Waals surface area contributed by atoms with Crippen LogP contribution in [0, 0.1) is 6.92 Å². The quantitative estimate of drug-likeness (QED) is 0.779. The first-order valence-corrected chi connectivity index (χ1v) is 6.65. The summed E-state index contributed by atoms with van der Waals surface area (Å²) in [5, 5.41) is 0. The van der Waals surface area contributed by atoms with Gasteiger partial charge in [0.05, 0.1) is 4.90 Å². The molecule has 1 aromatic rings. The zero-order valence-corrected chi connectivity index (χ0v) is 10.6. The molecule has 0 unspecified atom stereocenters. The van der Waals surface area contributed by atoms with Gasteiger partial charge in [0, 0.05) is 25.9 Å². The number of benzene rings is 1. The molecular formula is C11H15NO3S. The van der Waals surface area contributed by atoms with Crippen molar-refractivity contribution in [1.82, 2.24) is 4.90 Å². The van der Waals surface area contributed by atoms with Gasteiger partial charge in [0.2, 0.25) is 0 Å². The number of hydrogen-bond acceptors (Lipinski definition) is 3. The molecule has 0 radical (unpaired) electrons. The van der Waals surface area contributed by atoms with Crippen LogP contribution in [-0.4, -0.2) is 39.6 Å². The van der Waals surface area contributed by atoms with Crippen LogP contribution in [0.1, 0.15) is 15.9 Å². The first-order valence-electron chi connectivity index (χ1n) is 4.76. The van der Waals surface area contributed by atoms with Crippen LogP contribution in [0.25, 0.3) is 0 Å². The van der Waals surface area contributed by atoms with Crippen LogP contribution in [0.3, 0.4) is 0 Å². The predicted octanol–water partition coefficient (Wildman–Crippen LogP) is 1.10. The first-order chi connectivity index (χ1) is 7.23. The minimum Gasteiger partial charge on any atom is -0.345 e. The molecule has 0 aromatic heterocycles. The van der Waals surface area contributed by atoms with Gasteiger partial charge in [0.1, 0.15) is 0 Å². The van der Waals surface area contributed by atoms with E-state index in [1.807, 2.05) is 0 Å². The Morgan fingerprint density at radius 3 is 2.25 bits per heavy atom. The molecule has 0 atom stereocenters. The van der Waals surface area contributed by atoms with E-state index in [4.69, 9.17) is 0 Å². The van der Waals surface area contributed by atoms with Gasteiger partial charge in [0.25, 0.3) is 5.91 Å². The lowest BCUT2D eigenvalue weighted by atomic mass is 10.1. The molecule has 1 aromatic carbocycles. The molecular weight excluding hydrogens is 226 g/mol. The maximum absolute atomic E-state index is 11.7. The normalized spacial score (nSPS) is 11.2. The lowest BCUT2D eigenvalue weighted by Gasteiger charge is -2.12. The number of carbonyl (C=O) groups excluding carboxylic acids is 1. The topological polar surface area (TPSA) is 54.5 Å². The molecule has 0 N–H and O–H groups in total. The Morgan fingerprint density at radius 2 is 1.81 bits per heavy atom. The summed E-state index contributed by atoms with van der Waals surface area (Å²) in [6, 6.07) is 4.70. The van der Waals surface area contributed by atoms with Gasteiger partial charge in [-0.2, -0.15) is 0 Å². The molecule has 16 heavy (non-hydrogen) atoms. The third-order valence-electron chi connectivity index (χ3n) is 2.24. The van der Waals surface area contributed by atoms with E-state index in [1.165, 1.54) is 11.0 Å². The Morgan fingerprint density at radius 1 is 1.25 bits per heavy atom. The van der Waals surface area contributed by atoms with E-state index in [0.29, 0.717) is 11.1 Å². The summed E-state index contributed by atoms with van der Waals surface area (Å²) in [5.74, 6) is -0.204. The number of rotatable bonds is 2. The van der Waals surface area contributed by atoms with Crippen LogP contribution < -0.4 is 0 Å². The number of carbonyl (C=O) groups is 1. The monoisotopic (exact) mass is 241 g/mol. The van der Waals surface area contributed by atoms with E-state index in [9.17, 15) is 13.2 Å². The second kappa shape index (κ2) is 4.25. The number of nitrogens with zero attached hydrogens (tertiary/aromatic N) is 1. The molecule has 0 fully saturated rings. The van der Waals surface area contributed by atoms with Gasteiger partial charge in [0.15, 0.2) is 9.84 Å². The molecule has 0 aliphatic carbocycles. The van der Waals surface area contributed by atoms with Gasteiger partial charge in [-0.15, -0.1) is 0 Å². The zero-order valence-electron chi connectivity index (χ0n) is 9.81. The highest BCUT2D eigenvalue weighted by Gasteiger charge is 2.15. The summed E-state index contributed by atoms with van der Waals surface area (Å²) in [5.41, 5.74) is 1.04. The summed E-state index contributed by atoms with van der Waals surface area (Å²) in [6.07, 6.45) is 1.14. The highest BCUT2D eigenvalue weighted by atomic mass is 32.2. The summed E-state index contributed by atoms with van der Waals surface area (Å²) in [4.78, 5) is 13.3. The van der Waals surface area contributed by atoms with Crippen molar-refractivity contribution >= 4 is 15.7 Å². The third-order valence-corrected chi connectivity index (χ3v) is 3.48. The largest absolute Gasteiger partial charge is 0.345 e. The maximum Gasteiger partial charge on any atom is 0.253 e. The molecule has 0 aliphatic rings. The van der Waals surface area contributed by atoms with Crippen molar-refractivity contribution in [2.75, 3.05) is 20.4 Å². The van der Waals surface area contributed by atoms with E-state index in [1.54, 1.807) is 33.2 Å². The second-order valence-electron chi connectivity index (χ2n) is 3.95. The summed E-state index contributed by atoms with van der Waals surface area (Å²) in [6.45, 7) is 1.71. The van der Waals surface area contributed by atoms with E-state index in [0.717, 1.165) is 6.26 Å². The van der Waals surface area contributed by atoms with Crippen molar-refractivity contribution in [2.45, 2.75) is 11.8 Å². The molecule has 5 heteroatoms. The van der Waals surface area contributed by atoms with Crippen LogP contribution in [0.2, 0.25) is 0 Å². The Kier molecular flexibility index (Phi) is 3.38. The fraction of sp³-hybridized carbons (Fsp3) is 0.364. The number of sulfone groups is 1. The zero-order chi connectivity index (χ0) is 12.5. The minimum atomic E-state index is -3.29. The number of aryl methyl sites for hydroxylation is 1. The van der Waals surface area contributed by atoms with E-state index >= 15 is 0 Å². The van der Waals surface area contributed by atoms with Crippen molar-refractivity contribution in [3.05, 3.63) is 29.3 Å². The van der Waals surface area contributed by atoms with E-state index in [2.05, 4.69) is 0 Å². The van der Waals surface area contributed by atoms with Crippen LogP contribution in [0.4, 0.5) is 0 Å². The fourth-order valence-corrected chi connectivity index (χ4v) is 2.38. The van der Waals surface area contributed by atoms with Crippen LogP contribution in [0.15, 0.2) is 23.1 Å². The van der Waals surface area contributed by atoms with Crippen LogP contribution in [-0.2, 0) is 9.84 Å². The minimum absolute atomic E-state index is 0.204. The third kappa shape index (κ3) is 2.61. The average molecular weight is 241 g/mol. The van der Waals surface area contributed by atoms with Crippen molar-refractivity contribution in [2.24, 2.45) is 0 Å². The molecule has 88 valence electrons. The highest BCUT2D eigenvalue weighted by Crippen LogP contribution is 2.17. The lowest BCUT2D eigenvalue weighted by Crippen LogP contribution is -2.22. The van der Waals surface area contributed by atoms with E-state index < -0.39 is 9.84 Å². The highest BCUT2D eigenvalue weighted by molar-refractivity contribution is 7.90. The molecule has 0 spiro atoms. The molecule has 4 nitrogen and oxygen atoms in total. The Labute approximate surface area is 95.8 Å². The molecule has 0 aliphatic heterocycles. The van der Waals surface area contributed by atoms with Gasteiger partial charge in [-0.1, -0.05) is 6.07 Å². The summed E-state index contributed by atoms with van der Waals surface area (Å²) < 4.78 is 22.9. The van der Waals surface area contributed by atoms with Gasteiger partial charge >= 0.3 is 0 Å². The Balaban J connectivity index is 3.34. The molecule has 0 bridgehead atoms. The van der Waals surface area contributed by atoms with Crippen LogP contribution in [0.5, 0.6) is 0 Å². The Hall–Kier alpha value is -1.36. The smallest absolute Gasteiger partial charge is 0.253 e.